The maximum atomic E-state index is 11.9. The average molecular weight is 353 g/mol. The summed E-state index contributed by atoms with van der Waals surface area (Å²) in [5, 5.41) is 9.16. The number of aromatic nitrogens is 1. The summed E-state index contributed by atoms with van der Waals surface area (Å²) >= 11 is 0. The van der Waals surface area contributed by atoms with Crippen LogP contribution in [0.3, 0.4) is 0 Å². The number of likely N-dealkylation sites (tertiary alicyclic amines) is 1. The van der Waals surface area contributed by atoms with E-state index in [1.54, 1.807) is 6.92 Å². The van der Waals surface area contributed by atoms with Gasteiger partial charge in [0.05, 0.1) is 5.75 Å². The van der Waals surface area contributed by atoms with Crippen LogP contribution in [0.5, 0.6) is 0 Å². The van der Waals surface area contributed by atoms with Crippen molar-refractivity contribution in [3.63, 3.8) is 0 Å². The Morgan fingerprint density at radius 3 is 2.62 bits per heavy atom. The third kappa shape index (κ3) is 4.18. The molecule has 2 heterocycles. The largest absolute Gasteiger partial charge is 0.340 e. The van der Waals surface area contributed by atoms with E-state index >= 15 is 0 Å². The lowest BCUT2D eigenvalue weighted by Gasteiger charge is -2.18. The van der Waals surface area contributed by atoms with Crippen LogP contribution in [0, 0.1) is 24.2 Å². The minimum absolute atomic E-state index is 0.0191. The van der Waals surface area contributed by atoms with E-state index < -0.39 is 10.0 Å². The Labute approximate surface area is 145 Å². The summed E-state index contributed by atoms with van der Waals surface area (Å²) in [7, 11) is -1.29. The third-order valence-corrected chi connectivity index (χ3v) is 6.46. The number of nitrogens with zero attached hydrogens (tertiary/aromatic N) is 3. The highest BCUT2D eigenvalue weighted by Crippen LogP contribution is 2.25. The Balaban J connectivity index is 2.11. The molecule has 0 spiro atoms. The van der Waals surface area contributed by atoms with Gasteiger partial charge in [0.2, 0.25) is 10.0 Å². The first-order valence-electron chi connectivity index (χ1n) is 8.58. The van der Waals surface area contributed by atoms with Gasteiger partial charge in [0, 0.05) is 38.4 Å². The van der Waals surface area contributed by atoms with E-state index in [-0.39, 0.29) is 11.8 Å². The molecule has 1 fully saturated rings. The summed E-state index contributed by atoms with van der Waals surface area (Å²) in [6.07, 6.45) is 2.07. The van der Waals surface area contributed by atoms with Crippen LogP contribution in [0.25, 0.3) is 0 Å². The quantitative estimate of drug-likeness (QED) is 0.811. The summed E-state index contributed by atoms with van der Waals surface area (Å²) in [5.74, 6) is 0.460. The number of sulfonamides is 1. The molecule has 1 aromatic rings. The first-order chi connectivity index (χ1) is 11.3. The monoisotopic (exact) mass is 352 g/mol. The third-order valence-electron chi connectivity index (χ3n) is 5.04. The molecule has 1 aliphatic heterocycles. The molecule has 0 saturated carbocycles. The number of nitrogens with one attached hydrogen (secondary N) is 1. The van der Waals surface area contributed by atoms with E-state index in [4.69, 9.17) is 5.26 Å². The number of rotatable bonds is 7. The van der Waals surface area contributed by atoms with Gasteiger partial charge >= 0.3 is 0 Å². The van der Waals surface area contributed by atoms with Crippen LogP contribution in [-0.2, 0) is 23.6 Å². The van der Waals surface area contributed by atoms with E-state index in [0.29, 0.717) is 11.6 Å². The molecule has 1 aromatic heterocycles. The fourth-order valence-corrected chi connectivity index (χ4v) is 4.37. The minimum atomic E-state index is -3.19. The Bertz CT molecular complexity index is 718. The summed E-state index contributed by atoms with van der Waals surface area (Å²) in [4.78, 5) is 2.30. The minimum Gasteiger partial charge on any atom is -0.340 e. The van der Waals surface area contributed by atoms with Crippen molar-refractivity contribution < 1.29 is 8.42 Å². The zero-order valence-corrected chi connectivity index (χ0v) is 15.9. The highest BCUT2D eigenvalue weighted by atomic mass is 32.2. The van der Waals surface area contributed by atoms with Gasteiger partial charge < -0.3 is 4.57 Å². The SMILES string of the molecule is CCC[C@@H]1CN(Cc2cc(C#N)n(C)c2C)C[C@H]1NS(=O)(=O)CC. The molecule has 7 heteroatoms. The lowest BCUT2D eigenvalue weighted by Crippen LogP contribution is -2.41. The van der Waals surface area contributed by atoms with Crippen molar-refractivity contribution in [2.24, 2.45) is 13.0 Å². The second-order valence-electron chi connectivity index (χ2n) is 6.68. The van der Waals surface area contributed by atoms with Crippen LogP contribution in [0.1, 0.15) is 43.6 Å². The van der Waals surface area contributed by atoms with Gasteiger partial charge in [0.15, 0.2) is 0 Å². The molecule has 2 atom stereocenters. The Hall–Kier alpha value is -1.36. The van der Waals surface area contributed by atoms with Gasteiger partial charge in [-0.2, -0.15) is 5.26 Å². The predicted molar refractivity (Wildman–Crippen MR) is 94.9 cm³/mol. The van der Waals surface area contributed by atoms with Crippen molar-refractivity contribution >= 4 is 10.0 Å². The molecule has 0 aliphatic carbocycles. The molecule has 134 valence electrons. The van der Waals surface area contributed by atoms with E-state index in [1.165, 1.54) is 0 Å². The molecule has 1 saturated heterocycles. The molecule has 1 N–H and O–H groups in total. The molecule has 0 bridgehead atoms. The molecule has 6 nitrogen and oxygen atoms in total. The highest BCUT2D eigenvalue weighted by Gasteiger charge is 2.34. The van der Waals surface area contributed by atoms with Gasteiger partial charge in [-0.15, -0.1) is 0 Å². The summed E-state index contributed by atoms with van der Waals surface area (Å²) in [6, 6.07) is 4.13. The van der Waals surface area contributed by atoms with Gasteiger partial charge in [-0.1, -0.05) is 13.3 Å². The molecule has 0 amide bonds. The van der Waals surface area contributed by atoms with Crippen molar-refractivity contribution in [2.45, 2.75) is 46.2 Å². The van der Waals surface area contributed by atoms with Crippen LogP contribution in [0.4, 0.5) is 0 Å². The molecular weight excluding hydrogens is 324 g/mol. The van der Waals surface area contributed by atoms with Crippen molar-refractivity contribution in [1.82, 2.24) is 14.2 Å². The molecule has 0 unspecified atom stereocenters. The zero-order valence-electron chi connectivity index (χ0n) is 15.0. The molecule has 24 heavy (non-hydrogen) atoms. The first-order valence-corrected chi connectivity index (χ1v) is 10.2. The standard InChI is InChI=1S/C17H28N4O2S/c1-5-7-14-10-21(12-17(14)19-24(22,23)6-2)11-15-8-16(9-18)20(4)13(15)3/h8,14,17,19H,5-7,10-12H2,1-4H3/t14-,17-/m1/s1. The van der Waals surface area contributed by atoms with Gasteiger partial charge in [-0.05, 0) is 37.8 Å². The number of nitriles is 1. The van der Waals surface area contributed by atoms with Gasteiger partial charge in [-0.25, -0.2) is 13.1 Å². The molecular formula is C17H28N4O2S. The summed E-state index contributed by atoms with van der Waals surface area (Å²) < 4.78 is 28.7. The fraction of sp³-hybridized carbons (Fsp3) is 0.706. The van der Waals surface area contributed by atoms with E-state index in [9.17, 15) is 8.42 Å². The van der Waals surface area contributed by atoms with Crippen molar-refractivity contribution in [2.75, 3.05) is 18.8 Å². The predicted octanol–water partition coefficient (Wildman–Crippen LogP) is 1.74. The van der Waals surface area contributed by atoms with Crippen LogP contribution in [-0.4, -0.2) is 42.8 Å². The molecule has 2 rings (SSSR count). The lowest BCUT2D eigenvalue weighted by atomic mass is 9.99. The smallest absolute Gasteiger partial charge is 0.211 e. The summed E-state index contributed by atoms with van der Waals surface area (Å²) in [5.41, 5.74) is 2.90. The van der Waals surface area contributed by atoms with Crippen molar-refractivity contribution in [3.8, 4) is 6.07 Å². The highest BCUT2D eigenvalue weighted by molar-refractivity contribution is 7.89. The Morgan fingerprint density at radius 2 is 2.08 bits per heavy atom. The molecule has 0 radical (unpaired) electrons. The van der Waals surface area contributed by atoms with Crippen LogP contribution in [0.2, 0.25) is 0 Å². The van der Waals surface area contributed by atoms with E-state index in [2.05, 4.69) is 22.6 Å². The van der Waals surface area contributed by atoms with Gasteiger partial charge in [-0.3, -0.25) is 4.90 Å². The van der Waals surface area contributed by atoms with E-state index in [0.717, 1.165) is 43.7 Å². The number of hydrogen-bond donors (Lipinski definition) is 1. The zero-order chi connectivity index (χ0) is 17.9. The van der Waals surface area contributed by atoms with Crippen molar-refractivity contribution in [1.29, 1.82) is 5.26 Å². The lowest BCUT2D eigenvalue weighted by molar-refractivity contribution is 0.311. The average Bonchev–Trinajstić information content (AvgIpc) is 3.03. The molecule has 1 aliphatic rings. The van der Waals surface area contributed by atoms with Gasteiger partial charge in [0.25, 0.3) is 0 Å². The fourth-order valence-electron chi connectivity index (χ4n) is 3.47. The van der Waals surface area contributed by atoms with Crippen LogP contribution >= 0.6 is 0 Å². The Morgan fingerprint density at radius 1 is 1.38 bits per heavy atom. The van der Waals surface area contributed by atoms with Crippen LogP contribution in [0.15, 0.2) is 6.07 Å². The number of hydrogen-bond acceptors (Lipinski definition) is 4. The van der Waals surface area contributed by atoms with Gasteiger partial charge in [0.1, 0.15) is 11.8 Å². The molecule has 0 aromatic carbocycles. The maximum Gasteiger partial charge on any atom is 0.211 e. The summed E-state index contributed by atoms with van der Waals surface area (Å²) in [6.45, 7) is 8.19. The van der Waals surface area contributed by atoms with Crippen molar-refractivity contribution in [3.05, 3.63) is 23.0 Å². The topological polar surface area (TPSA) is 78.1 Å². The normalized spacial score (nSPS) is 22.0. The first kappa shape index (κ1) is 19.0. The van der Waals surface area contributed by atoms with Crippen LogP contribution < -0.4 is 4.72 Å². The van der Waals surface area contributed by atoms with E-state index in [1.807, 2.05) is 24.6 Å². The maximum absolute atomic E-state index is 11.9. The Kier molecular flexibility index (Phi) is 6.07. The second-order valence-corrected chi connectivity index (χ2v) is 8.72. The second kappa shape index (κ2) is 7.68.